The van der Waals surface area contributed by atoms with Crippen molar-refractivity contribution < 1.29 is 9.84 Å². The number of aromatic hydroxyl groups is 1. The van der Waals surface area contributed by atoms with Crippen LogP contribution >= 0.6 is 11.6 Å². The van der Waals surface area contributed by atoms with Crippen molar-refractivity contribution in [2.45, 2.75) is 0 Å². The summed E-state index contributed by atoms with van der Waals surface area (Å²) >= 11 is 5.93. The summed E-state index contributed by atoms with van der Waals surface area (Å²) in [5, 5.41) is 9.92. The number of ether oxygens (including phenoxy) is 1. The molecule has 4 heteroatoms. The fraction of sp³-hybridized carbons (Fsp3) is 0. The fourth-order valence-electron chi connectivity index (χ4n) is 1.24. The number of benzene rings is 2. The van der Waals surface area contributed by atoms with Gasteiger partial charge in [-0.15, -0.1) is 0 Å². The van der Waals surface area contributed by atoms with Gasteiger partial charge in [-0.2, -0.15) is 0 Å². The van der Waals surface area contributed by atoms with Gasteiger partial charge in [0, 0.05) is 6.07 Å². The molecule has 0 radical (unpaired) electrons. The van der Waals surface area contributed by atoms with Crippen molar-refractivity contribution in [2.75, 3.05) is 5.73 Å². The smallest absolute Gasteiger partial charge is 0.146 e. The van der Waals surface area contributed by atoms with E-state index in [2.05, 4.69) is 0 Å². The Morgan fingerprint density at radius 2 is 1.88 bits per heavy atom. The van der Waals surface area contributed by atoms with Crippen LogP contribution in [0.25, 0.3) is 0 Å². The van der Waals surface area contributed by atoms with Gasteiger partial charge >= 0.3 is 0 Å². The lowest BCUT2D eigenvalue weighted by molar-refractivity contribution is 0.457. The molecule has 3 nitrogen and oxygen atoms in total. The molecule has 0 aliphatic heterocycles. The Labute approximate surface area is 98.0 Å². The molecular weight excluding hydrogens is 226 g/mol. The normalized spacial score (nSPS) is 10.1. The molecule has 0 saturated carbocycles. The lowest BCUT2D eigenvalue weighted by Crippen LogP contribution is -1.88. The van der Waals surface area contributed by atoms with Gasteiger partial charge in [-0.3, -0.25) is 0 Å². The van der Waals surface area contributed by atoms with Crippen molar-refractivity contribution in [1.29, 1.82) is 0 Å². The minimum absolute atomic E-state index is 0.00967. The van der Waals surface area contributed by atoms with Crippen LogP contribution in [0, 0.1) is 0 Å². The Balaban J connectivity index is 2.28. The van der Waals surface area contributed by atoms with Crippen LogP contribution in [0.3, 0.4) is 0 Å². The summed E-state index contributed by atoms with van der Waals surface area (Å²) < 4.78 is 5.50. The van der Waals surface area contributed by atoms with E-state index in [9.17, 15) is 5.11 Å². The van der Waals surface area contributed by atoms with E-state index in [4.69, 9.17) is 22.1 Å². The van der Waals surface area contributed by atoms with Gasteiger partial charge in [-0.05, 0) is 24.3 Å². The Morgan fingerprint density at radius 3 is 2.56 bits per heavy atom. The highest BCUT2D eigenvalue weighted by atomic mass is 35.5. The molecule has 2 aromatic carbocycles. The quantitative estimate of drug-likeness (QED) is 0.619. The summed E-state index contributed by atoms with van der Waals surface area (Å²) in [4.78, 5) is 0. The summed E-state index contributed by atoms with van der Waals surface area (Å²) in [5.41, 5.74) is 5.79. The first-order valence-electron chi connectivity index (χ1n) is 4.67. The summed E-state index contributed by atoms with van der Waals surface area (Å²) in [5.74, 6) is 1.01. The number of nitrogens with two attached hydrogens (primary N) is 1. The first-order valence-corrected chi connectivity index (χ1v) is 5.05. The second-order valence-electron chi connectivity index (χ2n) is 3.25. The molecule has 3 N–H and O–H groups in total. The predicted octanol–water partition coefficient (Wildman–Crippen LogP) is 3.42. The molecule has 0 fully saturated rings. The number of halogens is 1. The van der Waals surface area contributed by atoms with Gasteiger partial charge in [-0.25, -0.2) is 0 Å². The lowest BCUT2D eigenvalue weighted by Gasteiger charge is -2.08. The number of para-hydroxylation sites is 1. The fourth-order valence-corrected chi connectivity index (χ4v) is 1.42. The largest absolute Gasteiger partial charge is 0.506 e. The predicted molar refractivity (Wildman–Crippen MR) is 64.0 cm³/mol. The van der Waals surface area contributed by atoms with Gasteiger partial charge in [0.15, 0.2) is 0 Å². The zero-order chi connectivity index (χ0) is 11.5. The number of nitrogen functional groups attached to an aromatic ring is 1. The first kappa shape index (κ1) is 10.6. The van der Waals surface area contributed by atoms with Gasteiger partial charge in [0.2, 0.25) is 0 Å². The van der Waals surface area contributed by atoms with Gasteiger partial charge in [0.1, 0.15) is 17.2 Å². The summed E-state index contributed by atoms with van der Waals surface area (Å²) in [7, 11) is 0. The molecule has 0 bridgehead atoms. The third-order valence-electron chi connectivity index (χ3n) is 2.07. The van der Waals surface area contributed by atoms with Crippen LogP contribution in [0.4, 0.5) is 5.69 Å². The van der Waals surface area contributed by atoms with Crippen LogP contribution in [0.1, 0.15) is 0 Å². The zero-order valence-corrected chi connectivity index (χ0v) is 9.11. The van der Waals surface area contributed by atoms with E-state index in [0.29, 0.717) is 22.2 Å². The Hall–Kier alpha value is -1.87. The van der Waals surface area contributed by atoms with E-state index >= 15 is 0 Å². The van der Waals surface area contributed by atoms with E-state index in [1.54, 1.807) is 24.3 Å². The molecule has 16 heavy (non-hydrogen) atoms. The molecule has 0 atom stereocenters. The number of phenolic OH excluding ortho intramolecular Hbond substituents is 1. The maximum atomic E-state index is 9.41. The third-order valence-corrected chi connectivity index (χ3v) is 2.38. The Bertz CT molecular complexity index is 514. The van der Waals surface area contributed by atoms with Crippen molar-refractivity contribution in [3.8, 4) is 17.2 Å². The van der Waals surface area contributed by atoms with Gasteiger partial charge in [-0.1, -0.05) is 23.7 Å². The van der Waals surface area contributed by atoms with Crippen LogP contribution in [0.5, 0.6) is 17.2 Å². The van der Waals surface area contributed by atoms with Crippen LogP contribution in [-0.2, 0) is 0 Å². The summed E-state index contributed by atoms with van der Waals surface area (Å²) in [6, 6.07) is 11.8. The number of hydrogen-bond donors (Lipinski definition) is 2. The van der Waals surface area contributed by atoms with E-state index in [1.807, 2.05) is 12.1 Å². The van der Waals surface area contributed by atoms with Crippen LogP contribution in [0.15, 0.2) is 42.5 Å². The van der Waals surface area contributed by atoms with Crippen molar-refractivity contribution in [1.82, 2.24) is 0 Å². The van der Waals surface area contributed by atoms with Crippen molar-refractivity contribution in [2.24, 2.45) is 0 Å². The van der Waals surface area contributed by atoms with Gasteiger partial charge < -0.3 is 15.6 Å². The van der Waals surface area contributed by atoms with Gasteiger partial charge in [0.05, 0.1) is 10.7 Å². The Kier molecular flexibility index (Phi) is 2.88. The molecule has 82 valence electrons. The van der Waals surface area contributed by atoms with E-state index < -0.39 is 0 Å². The second kappa shape index (κ2) is 4.33. The molecule has 0 aromatic heterocycles. The van der Waals surface area contributed by atoms with Crippen LogP contribution in [-0.4, -0.2) is 5.11 Å². The minimum atomic E-state index is -0.00967. The average molecular weight is 236 g/mol. The molecular formula is C12H10ClNO2. The zero-order valence-electron chi connectivity index (χ0n) is 8.35. The molecule has 0 spiro atoms. The summed E-state index contributed by atoms with van der Waals surface area (Å²) in [6.07, 6.45) is 0. The molecule has 2 rings (SSSR count). The molecule has 0 amide bonds. The molecule has 2 aromatic rings. The number of phenols is 1. The minimum Gasteiger partial charge on any atom is -0.506 e. The third kappa shape index (κ3) is 2.20. The molecule has 0 unspecified atom stereocenters. The highest BCUT2D eigenvalue weighted by Crippen LogP contribution is 2.32. The van der Waals surface area contributed by atoms with Crippen molar-refractivity contribution in [3.63, 3.8) is 0 Å². The van der Waals surface area contributed by atoms with Gasteiger partial charge in [0.25, 0.3) is 0 Å². The topological polar surface area (TPSA) is 55.5 Å². The van der Waals surface area contributed by atoms with E-state index in [-0.39, 0.29) is 5.75 Å². The lowest BCUT2D eigenvalue weighted by atomic mass is 10.3. The second-order valence-corrected chi connectivity index (χ2v) is 3.66. The van der Waals surface area contributed by atoms with E-state index in [0.717, 1.165) is 0 Å². The standard InChI is InChI=1S/C12H10ClNO2/c13-9-3-1-2-4-12(9)16-8-5-6-10(14)11(15)7-8/h1-7,15H,14H2. The highest BCUT2D eigenvalue weighted by Gasteiger charge is 2.04. The SMILES string of the molecule is Nc1ccc(Oc2ccccc2Cl)cc1O. The maximum Gasteiger partial charge on any atom is 0.146 e. The average Bonchev–Trinajstić information content (AvgIpc) is 2.27. The first-order chi connectivity index (χ1) is 7.66. The molecule has 0 aliphatic rings. The van der Waals surface area contributed by atoms with Crippen molar-refractivity contribution in [3.05, 3.63) is 47.5 Å². The van der Waals surface area contributed by atoms with Crippen molar-refractivity contribution >= 4 is 17.3 Å². The van der Waals surface area contributed by atoms with Crippen LogP contribution in [0.2, 0.25) is 5.02 Å². The molecule has 0 heterocycles. The number of rotatable bonds is 2. The highest BCUT2D eigenvalue weighted by molar-refractivity contribution is 6.32. The number of hydrogen-bond acceptors (Lipinski definition) is 3. The Morgan fingerprint density at radius 1 is 1.12 bits per heavy atom. The summed E-state index contributed by atoms with van der Waals surface area (Å²) in [6.45, 7) is 0. The maximum absolute atomic E-state index is 9.41. The number of anilines is 1. The van der Waals surface area contributed by atoms with Crippen LogP contribution < -0.4 is 10.5 Å². The monoisotopic (exact) mass is 235 g/mol. The molecule has 0 aliphatic carbocycles. The van der Waals surface area contributed by atoms with E-state index in [1.165, 1.54) is 6.07 Å². The molecule has 0 saturated heterocycles.